The number of hydrogen-bond acceptors (Lipinski definition) is 1. The highest BCUT2D eigenvalue weighted by molar-refractivity contribution is 7.80. The molecule has 0 spiro atoms. The third kappa shape index (κ3) is 4.55. The average Bonchev–Trinajstić information content (AvgIpc) is 2.49. The summed E-state index contributed by atoms with van der Waals surface area (Å²) in [7, 11) is 0. The van der Waals surface area contributed by atoms with Crippen LogP contribution < -0.4 is 10.6 Å². The summed E-state index contributed by atoms with van der Waals surface area (Å²) in [6.07, 6.45) is 0. The fourth-order valence-electron chi connectivity index (χ4n) is 2.71. The van der Waals surface area contributed by atoms with Gasteiger partial charge in [-0.25, -0.2) is 0 Å². The number of aryl methyl sites for hydroxylation is 3. The van der Waals surface area contributed by atoms with E-state index in [1.165, 1.54) is 22.3 Å². The van der Waals surface area contributed by atoms with Crippen LogP contribution in [-0.2, 0) is 0 Å². The van der Waals surface area contributed by atoms with E-state index in [-0.39, 0.29) is 6.04 Å². The summed E-state index contributed by atoms with van der Waals surface area (Å²) in [6.45, 7) is 10.7. The minimum atomic E-state index is 0.196. The summed E-state index contributed by atoms with van der Waals surface area (Å²) >= 11 is 5.56. The van der Waals surface area contributed by atoms with Crippen molar-refractivity contribution in [1.82, 2.24) is 5.32 Å². The van der Waals surface area contributed by atoms with Crippen molar-refractivity contribution in [3.8, 4) is 0 Å². The molecule has 0 unspecified atom stereocenters. The van der Waals surface area contributed by atoms with Gasteiger partial charge in [0.1, 0.15) is 0 Å². The number of anilines is 1. The maximum absolute atomic E-state index is 5.56. The Balaban J connectivity index is 2.16. The topological polar surface area (TPSA) is 24.1 Å². The van der Waals surface area contributed by atoms with E-state index < -0.39 is 0 Å². The zero-order valence-corrected chi connectivity index (χ0v) is 15.4. The summed E-state index contributed by atoms with van der Waals surface area (Å²) in [5.41, 5.74) is 6.06. The number of thiocarbonyl (C=S) groups is 1. The number of hydrogen-bond donors (Lipinski definition) is 2. The zero-order chi connectivity index (χ0) is 17.0. The van der Waals surface area contributed by atoms with Crippen molar-refractivity contribution in [2.75, 3.05) is 5.32 Å². The molecule has 0 fully saturated rings. The molecule has 1 atom stereocenters. The molecule has 0 amide bonds. The van der Waals surface area contributed by atoms with Gasteiger partial charge >= 0.3 is 0 Å². The second kappa shape index (κ2) is 7.60. The highest BCUT2D eigenvalue weighted by Gasteiger charge is 2.18. The third-order valence-corrected chi connectivity index (χ3v) is 4.34. The molecule has 0 heterocycles. The second-order valence-corrected chi connectivity index (χ2v) is 6.90. The van der Waals surface area contributed by atoms with Gasteiger partial charge in [0.05, 0.1) is 6.04 Å². The molecular formula is C20H26N2S. The van der Waals surface area contributed by atoms with Gasteiger partial charge in [-0.1, -0.05) is 50.2 Å². The Bertz CT molecular complexity index is 692. The molecule has 0 radical (unpaired) electrons. The summed E-state index contributed by atoms with van der Waals surface area (Å²) in [5.74, 6) is 0.439. The maximum atomic E-state index is 5.56. The van der Waals surface area contributed by atoms with E-state index in [1.54, 1.807) is 0 Å². The number of nitrogens with one attached hydrogen (secondary N) is 2. The first-order valence-electron chi connectivity index (χ1n) is 8.08. The minimum Gasteiger partial charge on any atom is -0.355 e. The van der Waals surface area contributed by atoms with Crippen LogP contribution in [0.15, 0.2) is 42.5 Å². The van der Waals surface area contributed by atoms with Crippen LogP contribution in [-0.4, -0.2) is 5.11 Å². The summed E-state index contributed by atoms with van der Waals surface area (Å²) < 4.78 is 0. The molecule has 2 rings (SSSR count). The molecule has 0 saturated heterocycles. The Hall–Kier alpha value is -1.87. The molecule has 23 heavy (non-hydrogen) atoms. The van der Waals surface area contributed by atoms with Gasteiger partial charge < -0.3 is 10.6 Å². The van der Waals surface area contributed by atoms with Crippen molar-refractivity contribution in [2.45, 2.75) is 40.7 Å². The van der Waals surface area contributed by atoms with Gasteiger partial charge in [-0.05, 0) is 67.2 Å². The van der Waals surface area contributed by atoms with Gasteiger partial charge in [0.15, 0.2) is 5.11 Å². The van der Waals surface area contributed by atoms with Crippen molar-refractivity contribution < 1.29 is 0 Å². The molecule has 0 aromatic heterocycles. The number of rotatable bonds is 4. The fourth-order valence-corrected chi connectivity index (χ4v) is 2.95. The molecule has 2 N–H and O–H groups in total. The Morgan fingerprint density at radius 1 is 0.957 bits per heavy atom. The molecule has 2 aromatic carbocycles. The second-order valence-electron chi connectivity index (χ2n) is 6.50. The lowest BCUT2D eigenvalue weighted by molar-refractivity contribution is 0.471. The van der Waals surface area contributed by atoms with Crippen LogP contribution in [0, 0.1) is 26.7 Å². The molecule has 3 heteroatoms. The van der Waals surface area contributed by atoms with Crippen LogP contribution in [0.1, 0.15) is 42.1 Å². The lowest BCUT2D eigenvalue weighted by Gasteiger charge is -2.26. The van der Waals surface area contributed by atoms with Gasteiger partial charge in [-0.3, -0.25) is 0 Å². The van der Waals surface area contributed by atoms with E-state index in [4.69, 9.17) is 12.2 Å². The Kier molecular flexibility index (Phi) is 5.78. The van der Waals surface area contributed by atoms with Crippen LogP contribution >= 0.6 is 12.2 Å². The lowest BCUT2D eigenvalue weighted by Crippen LogP contribution is -2.35. The Morgan fingerprint density at radius 2 is 1.65 bits per heavy atom. The van der Waals surface area contributed by atoms with Crippen LogP contribution in [0.25, 0.3) is 0 Å². The first-order valence-corrected chi connectivity index (χ1v) is 8.49. The SMILES string of the molecule is Cc1ccc(C)c(NC(=S)N[C@@H](c2ccccc2C)C(C)C)c1. The van der Waals surface area contributed by atoms with Crippen molar-refractivity contribution >= 4 is 23.0 Å². The zero-order valence-electron chi connectivity index (χ0n) is 14.6. The molecule has 2 aromatic rings. The van der Waals surface area contributed by atoms with Crippen molar-refractivity contribution in [3.05, 3.63) is 64.7 Å². The van der Waals surface area contributed by atoms with Crippen molar-refractivity contribution in [1.29, 1.82) is 0 Å². The summed E-state index contributed by atoms with van der Waals surface area (Å²) in [6, 6.07) is 15.0. The molecule has 0 saturated carbocycles. The highest BCUT2D eigenvalue weighted by atomic mass is 32.1. The van der Waals surface area contributed by atoms with E-state index in [0.29, 0.717) is 11.0 Å². The highest BCUT2D eigenvalue weighted by Crippen LogP contribution is 2.25. The molecule has 0 bridgehead atoms. The number of benzene rings is 2. The average molecular weight is 327 g/mol. The maximum Gasteiger partial charge on any atom is 0.171 e. The van der Waals surface area contributed by atoms with Gasteiger partial charge in [-0.2, -0.15) is 0 Å². The quantitative estimate of drug-likeness (QED) is 0.746. The minimum absolute atomic E-state index is 0.196. The van der Waals surface area contributed by atoms with Gasteiger partial charge in [-0.15, -0.1) is 0 Å². The van der Waals surface area contributed by atoms with E-state index in [2.05, 4.69) is 87.7 Å². The van der Waals surface area contributed by atoms with Gasteiger partial charge in [0.25, 0.3) is 0 Å². The van der Waals surface area contributed by atoms with E-state index in [1.807, 2.05) is 0 Å². The van der Waals surface area contributed by atoms with Crippen molar-refractivity contribution in [3.63, 3.8) is 0 Å². The van der Waals surface area contributed by atoms with Gasteiger partial charge in [0, 0.05) is 5.69 Å². The summed E-state index contributed by atoms with van der Waals surface area (Å²) in [4.78, 5) is 0. The fraction of sp³-hybridized carbons (Fsp3) is 0.350. The normalized spacial score (nSPS) is 12.1. The Morgan fingerprint density at radius 3 is 2.30 bits per heavy atom. The van der Waals surface area contributed by atoms with Crippen LogP contribution in [0.4, 0.5) is 5.69 Å². The van der Waals surface area contributed by atoms with Crippen LogP contribution in [0.3, 0.4) is 0 Å². The molecule has 122 valence electrons. The molecular weight excluding hydrogens is 300 g/mol. The predicted octanol–water partition coefficient (Wildman–Crippen LogP) is 5.30. The largest absolute Gasteiger partial charge is 0.355 e. The Labute approximate surface area is 145 Å². The molecule has 0 aliphatic heterocycles. The van der Waals surface area contributed by atoms with Crippen LogP contribution in [0.5, 0.6) is 0 Å². The third-order valence-electron chi connectivity index (χ3n) is 4.12. The lowest BCUT2D eigenvalue weighted by atomic mass is 9.93. The van der Waals surface area contributed by atoms with E-state index in [9.17, 15) is 0 Å². The molecule has 0 aliphatic rings. The molecule has 2 nitrogen and oxygen atoms in total. The van der Waals surface area contributed by atoms with Crippen LogP contribution in [0.2, 0.25) is 0 Å². The summed E-state index contributed by atoms with van der Waals surface area (Å²) in [5, 5.41) is 7.50. The first-order chi connectivity index (χ1) is 10.9. The predicted molar refractivity (Wildman–Crippen MR) is 104 cm³/mol. The van der Waals surface area contributed by atoms with Gasteiger partial charge in [0.2, 0.25) is 0 Å². The van der Waals surface area contributed by atoms with E-state index >= 15 is 0 Å². The van der Waals surface area contributed by atoms with Crippen molar-refractivity contribution in [2.24, 2.45) is 5.92 Å². The smallest absolute Gasteiger partial charge is 0.171 e. The monoisotopic (exact) mass is 326 g/mol. The molecule has 0 aliphatic carbocycles. The standard InChI is InChI=1S/C20H26N2S/c1-13(2)19(17-9-7-6-8-15(17)4)22-20(23)21-18-12-14(3)10-11-16(18)5/h6-13,19H,1-5H3,(H2,21,22,23)/t19-/m1/s1. The van der Waals surface area contributed by atoms with E-state index in [0.717, 1.165) is 5.69 Å². The first kappa shape index (κ1) is 17.5.